The SMILES string of the molecule is C[N+](C)(C)CC(O)C[n+]1ccc(-c2cc[n+](CC(O)C[N+](C)(C)C)cc2)cc1.[Cl-]. The molecule has 0 bridgehead atoms. The standard InChI is InChI=1S/C22H38N4O2.ClH/c1-25(2,3)17-21(27)15-23-11-7-19(8-12-23)20-9-13-24(14-10-20)16-22(28)18-26(4,5)6;/h7-14,21-22,27-28H,15-18H2,1-6H3;1H/q+4;/p-1. The molecule has 0 aromatic carbocycles. The molecule has 0 spiro atoms. The van der Waals surface area contributed by atoms with E-state index in [4.69, 9.17) is 0 Å². The van der Waals surface area contributed by atoms with Crippen LogP contribution in [0.3, 0.4) is 0 Å². The number of aliphatic hydroxyl groups is 2. The second-order valence-electron chi connectivity index (χ2n) is 9.82. The predicted molar refractivity (Wildman–Crippen MR) is 110 cm³/mol. The number of nitrogens with zero attached hydrogens (tertiary/aromatic N) is 4. The molecule has 2 unspecified atom stereocenters. The Morgan fingerprint density at radius 2 is 0.931 bits per heavy atom. The van der Waals surface area contributed by atoms with Crippen molar-refractivity contribution in [3.8, 4) is 11.1 Å². The molecule has 2 aromatic rings. The van der Waals surface area contributed by atoms with Crippen LogP contribution in [-0.4, -0.2) is 86.8 Å². The first-order valence-corrected chi connectivity index (χ1v) is 9.87. The average Bonchev–Trinajstić information content (AvgIpc) is 2.52. The van der Waals surface area contributed by atoms with E-state index in [2.05, 4.69) is 66.6 Å². The lowest BCUT2D eigenvalue weighted by molar-refractivity contribution is -0.877. The smallest absolute Gasteiger partial charge is 0.179 e. The first-order valence-electron chi connectivity index (χ1n) is 9.87. The van der Waals surface area contributed by atoms with E-state index >= 15 is 0 Å². The molecule has 2 rings (SSSR count). The summed E-state index contributed by atoms with van der Waals surface area (Å²) in [6, 6.07) is 8.29. The molecule has 0 saturated heterocycles. The van der Waals surface area contributed by atoms with E-state index in [1.807, 2.05) is 33.9 Å². The maximum Gasteiger partial charge on any atom is 0.179 e. The van der Waals surface area contributed by atoms with Crippen molar-refractivity contribution in [2.24, 2.45) is 0 Å². The van der Waals surface area contributed by atoms with Crippen molar-refractivity contribution in [3.63, 3.8) is 0 Å². The van der Waals surface area contributed by atoms with Gasteiger partial charge in [-0.05, 0) is 11.1 Å². The summed E-state index contributed by atoms with van der Waals surface area (Å²) in [4.78, 5) is 0. The van der Waals surface area contributed by atoms with Crippen LogP contribution in [0.5, 0.6) is 0 Å². The van der Waals surface area contributed by atoms with E-state index in [1.165, 1.54) is 0 Å². The largest absolute Gasteiger partial charge is 1.00 e. The molecule has 0 aliphatic heterocycles. The quantitative estimate of drug-likeness (QED) is 0.334. The monoisotopic (exact) mass is 425 g/mol. The first-order chi connectivity index (χ1) is 12.9. The Morgan fingerprint density at radius 3 is 1.17 bits per heavy atom. The fourth-order valence-electron chi connectivity index (χ4n) is 3.41. The van der Waals surface area contributed by atoms with Crippen LogP contribution in [0.4, 0.5) is 0 Å². The van der Waals surface area contributed by atoms with Gasteiger partial charge in [0.1, 0.15) is 13.1 Å². The van der Waals surface area contributed by atoms with Gasteiger partial charge in [-0.3, -0.25) is 0 Å². The van der Waals surface area contributed by atoms with E-state index in [0.717, 1.165) is 20.1 Å². The van der Waals surface area contributed by atoms with E-state index in [-0.39, 0.29) is 24.6 Å². The van der Waals surface area contributed by atoms with Crippen LogP contribution in [0, 0.1) is 0 Å². The van der Waals surface area contributed by atoms with Gasteiger partial charge in [0.05, 0.1) is 42.3 Å². The van der Waals surface area contributed by atoms with Gasteiger partial charge in [0.15, 0.2) is 50.1 Å². The van der Waals surface area contributed by atoms with Gasteiger partial charge in [0, 0.05) is 24.3 Å². The molecule has 0 aliphatic carbocycles. The maximum atomic E-state index is 10.2. The minimum atomic E-state index is -0.371. The summed E-state index contributed by atoms with van der Waals surface area (Å²) in [5, 5.41) is 20.5. The van der Waals surface area contributed by atoms with E-state index in [1.54, 1.807) is 0 Å². The molecule has 2 aromatic heterocycles. The lowest BCUT2D eigenvalue weighted by Crippen LogP contribution is -3.00. The molecule has 29 heavy (non-hydrogen) atoms. The summed E-state index contributed by atoms with van der Waals surface area (Å²) < 4.78 is 5.53. The normalized spacial score (nSPS) is 14.2. The fourth-order valence-corrected chi connectivity index (χ4v) is 3.41. The number of likely N-dealkylation sites (N-methyl/N-ethyl adjacent to an activating group) is 2. The second kappa shape index (κ2) is 10.5. The summed E-state index contributed by atoms with van der Waals surface area (Å²) in [5.41, 5.74) is 2.27. The van der Waals surface area contributed by atoms with Gasteiger partial charge in [0.2, 0.25) is 0 Å². The minimum absolute atomic E-state index is 0. The molecule has 2 heterocycles. The Balaban J connectivity index is 0.00000420. The van der Waals surface area contributed by atoms with Crippen molar-refractivity contribution in [1.82, 2.24) is 0 Å². The molecular weight excluding hydrogens is 388 g/mol. The Kier molecular flexibility index (Phi) is 9.18. The Bertz CT molecular complexity index is 672. The van der Waals surface area contributed by atoms with Gasteiger partial charge >= 0.3 is 0 Å². The summed E-state index contributed by atoms with van der Waals surface area (Å²) in [6.07, 6.45) is 7.32. The molecule has 0 amide bonds. The maximum absolute atomic E-state index is 10.2. The highest BCUT2D eigenvalue weighted by Gasteiger charge is 2.20. The van der Waals surface area contributed by atoms with Gasteiger partial charge in [-0.1, -0.05) is 0 Å². The minimum Gasteiger partial charge on any atom is -1.00 e. The highest BCUT2D eigenvalue weighted by atomic mass is 35.5. The van der Waals surface area contributed by atoms with Crippen LogP contribution in [0.2, 0.25) is 0 Å². The topological polar surface area (TPSA) is 48.2 Å². The molecule has 162 valence electrons. The van der Waals surface area contributed by atoms with Crippen molar-refractivity contribution in [2.75, 3.05) is 55.4 Å². The molecule has 0 aliphatic rings. The van der Waals surface area contributed by atoms with E-state index < -0.39 is 0 Å². The van der Waals surface area contributed by atoms with Crippen molar-refractivity contribution in [2.45, 2.75) is 25.3 Å². The number of aromatic nitrogens is 2. The average molecular weight is 426 g/mol. The zero-order valence-electron chi connectivity index (χ0n) is 18.7. The lowest BCUT2D eigenvalue weighted by atomic mass is 10.1. The number of pyridine rings is 2. The van der Waals surface area contributed by atoms with Gasteiger partial charge < -0.3 is 31.6 Å². The fraction of sp³-hybridized carbons (Fsp3) is 0.545. The summed E-state index contributed by atoms with van der Waals surface area (Å²) in [5.74, 6) is 0. The lowest BCUT2D eigenvalue weighted by Gasteiger charge is -2.25. The number of aliphatic hydroxyl groups excluding tert-OH is 2. The molecule has 0 saturated carbocycles. The van der Waals surface area contributed by atoms with Crippen LogP contribution in [0.25, 0.3) is 11.1 Å². The molecule has 6 nitrogen and oxygen atoms in total. The highest BCUT2D eigenvalue weighted by Crippen LogP contribution is 2.15. The van der Waals surface area contributed by atoms with Gasteiger partial charge in [-0.2, -0.15) is 0 Å². The van der Waals surface area contributed by atoms with Crippen LogP contribution in [-0.2, 0) is 13.1 Å². The molecule has 7 heteroatoms. The molecular formula is C22H38ClN4O2+3. The van der Waals surface area contributed by atoms with Crippen molar-refractivity contribution in [3.05, 3.63) is 49.1 Å². The number of quaternary nitrogens is 2. The van der Waals surface area contributed by atoms with Crippen LogP contribution >= 0.6 is 0 Å². The highest BCUT2D eigenvalue weighted by molar-refractivity contribution is 5.60. The zero-order valence-corrected chi connectivity index (χ0v) is 19.4. The Morgan fingerprint density at radius 1 is 0.655 bits per heavy atom. The molecule has 0 fully saturated rings. The third kappa shape index (κ3) is 9.65. The summed E-state index contributed by atoms with van der Waals surface area (Å²) >= 11 is 0. The van der Waals surface area contributed by atoms with E-state index in [9.17, 15) is 10.2 Å². The van der Waals surface area contributed by atoms with Gasteiger partial charge in [-0.25, -0.2) is 9.13 Å². The Labute approximate surface area is 181 Å². The van der Waals surface area contributed by atoms with Crippen LogP contribution < -0.4 is 21.5 Å². The number of halogens is 1. The molecule has 2 N–H and O–H groups in total. The zero-order chi connectivity index (χ0) is 20.9. The first kappa shape index (κ1) is 25.5. The molecule has 2 atom stereocenters. The van der Waals surface area contributed by atoms with Crippen molar-refractivity contribution in [1.29, 1.82) is 0 Å². The third-order valence-electron chi connectivity index (χ3n) is 4.48. The summed E-state index contributed by atoms with van der Waals surface area (Å²) in [6.45, 7) is 2.62. The number of hydrogen-bond acceptors (Lipinski definition) is 2. The second-order valence-corrected chi connectivity index (χ2v) is 9.82. The van der Waals surface area contributed by atoms with Crippen LogP contribution in [0.15, 0.2) is 49.1 Å². The Hall–Kier alpha value is -1.57. The third-order valence-corrected chi connectivity index (χ3v) is 4.48. The van der Waals surface area contributed by atoms with Gasteiger partial charge in [-0.15, -0.1) is 0 Å². The van der Waals surface area contributed by atoms with E-state index in [0.29, 0.717) is 26.2 Å². The predicted octanol–water partition coefficient (Wildman–Crippen LogP) is -2.93. The van der Waals surface area contributed by atoms with Gasteiger partial charge in [0.25, 0.3) is 0 Å². The van der Waals surface area contributed by atoms with Crippen molar-refractivity contribution < 1.29 is 40.7 Å². The van der Waals surface area contributed by atoms with Crippen LogP contribution in [0.1, 0.15) is 0 Å². The number of hydrogen-bond donors (Lipinski definition) is 2. The molecule has 0 radical (unpaired) electrons. The summed E-state index contributed by atoms with van der Waals surface area (Å²) in [7, 11) is 12.5. The van der Waals surface area contributed by atoms with Crippen molar-refractivity contribution >= 4 is 0 Å². The number of rotatable bonds is 9.